The van der Waals surface area contributed by atoms with Crippen molar-refractivity contribution >= 4 is 15.9 Å². The summed E-state index contributed by atoms with van der Waals surface area (Å²) in [5, 5.41) is 10.5. The average molecular weight is 379 g/mol. The molecule has 2 heterocycles. The van der Waals surface area contributed by atoms with E-state index < -0.39 is 35.8 Å². The van der Waals surface area contributed by atoms with E-state index in [1.807, 2.05) is 13.8 Å². The van der Waals surface area contributed by atoms with E-state index in [9.17, 15) is 14.7 Å². The second kappa shape index (κ2) is 7.05. The molecule has 0 aliphatic carbocycles. The van der Waals surface area contributed by atoms with Crippen LogP contribution in [-0.2, 0) is 14.2 Å². The van der Waals surface area contributed by atoms with Crippen molar-refractivity contribution in [2.75, 3.05) is 13.7 Å². The molecule has 1 fully saturated rings. The second-order valence-electron chi connectivity index (χ2n) is 5.30. The Morgan fingerprint density at radius 2 is 2.18 bits per heavy atom. The Morgan fingerprint density at radius 1 is 1.50 bits per heavy atom. The van der Waals surface area contributed by atoms with Gasteiger partial charge in [-0.15, -0.1) is 0 Å². The minimum absolute atomic E-state index is 0.125. The van der Waals surface area contributed by atoms with Crippen molar-refractivity contribution in [2.45, 2.75) is 44.5 Å². The standard InChI is InChI=1S/C13H19BrN2O6/c1-6(2)21-10-8(5-20-3)22-12(9(10)17)16-4-7(14)11(18)15-13(16)19/h4,6,8-10,12,17H,5H2,1-3H3,(H,15,18,19)/t8-,9?,10?,12-/m1/s1. The lowest BCUT2D eigenvalue weighted by Gasteiger charge is -2.22. The number of ether oxygens (including phenoxy) is 3. The normalized spacial score (nSPS) is 28.5. The van der Waals surface area contributed by atoms with Crippen LogP contribution in [0.1, 0.15) is 20.1 Å². The molecular formula is C13H19BrN2O6. The number of methoxy groups -OCH3 is 1. The number of rotatable bonds is 5. The third kappa shape index (κ3) is 3.49. The summed E-state index contributed by atoms with van der Waals surface area (Å²) in [5.41, 5.74) is -1.21. The van der Waals surface area contributed by atoms with Gasteiger partial charge in [0.1, 0.15) is 18.3 Å². The predicted octanol–water partition coefficient (Wildman–Crippen LogP) is -0.00260. The lowest BCUT2D eigenvalue weighted by Crippen LogP contribution is -2.40. The van der Waals surface area contributed by atoms with E-state index in [1.165, 1.54) is 13.3 Å². The van der Waals surface area contributed by atoms with E-state index in [0.717, 1.165) is 4.57 Å². The molecule has 0 aromatic carbocycles. The molecule has 0 radical (unpaired) electrons. The van der Waals surface area contributed by atoms with Crippen LogP contribution in [0.15, 0.2) is 20.3 Å². The zero-order chi connectivity index (χ0) is 16.4. The average Bonchev–Trinajstić information content (AvgIpc) is 2.72. The molecule has 2 unspecified atom stereocenters. The fraction of sp³-hybridized carbons (Fsp3) is 0.692. The van der Waals surface area contributed by atoms with Crippen LogP contribution in [0.5, 0.6) is 0 Å². The summed E-state index contributed by atoms with van der Waals surface area (Å²) in [7, 11) is 1.51. The molecule has 8 nitrogen and oxygen atoms in total. The van der Waals surface area contributed by atoms with Gasteiger partial charge in [-0.2, -0.15) is 0 Å². The number of aliphatic hydroxyl groups excluding tert-OH is 1. The summed E-state index contributed by atoms with van der Waals surface area (Å²) < 4.78 is 17.8. The first-order chi connectivity index (χ1) is 10.3. The molecule has 22 heavy (non-hydrogen) atoms. The van der Waals surface area contributed by atoms with Crippen molar-refractivity contribution in [1.82, 2.24) is 9.55 Å². The minimum atomic E-state index is -1.07. The lowest BCUT2D eigenvalue weighted by molar-refractivity contribution is -0.0844. The first-order valence-corrected chi connectivity index (χ1v) is 7.63. The zero-order valence-corrected chi connectivity index (χ0v) is 14.1. The summed E-state index contributed by atoms with van der Waals surface area (Å²) in [6.45, 7) is 3.89. The van der Waals surface area contributed by atoms with Gasteiger partial charge in [-0.25, -0.2) is 4.79 Å². The summed E-state index contributed by atoms with van der Waals surface area (Å²) in [6.07, 6.45) is -2.04. The van der Waals surface area contributed by atoms with Crippen LogP contribution < -0.4 is 11.2 Å². The highest BCUT2D eigenvalue weighted by molar-refractivity contribution is 9.10. The SMILES string of the molecule is COC[C@H]1O[C@@H](n2cc(Br)c(=O)[nH]c2=O)C(O)C1OC(C)C. The number of aromatic amines is 1. The fourth-order valence-corrected chi connectivity index (χ4v) is 2.70. The van der Waals surface area contributed by atoms with Gasteiger partial charge in [0.2, 0.25) is 0 Å². The van der Waals surface area contributed by atoms with E-state index >= 15 is 0 Å². The number of aliphatic hydroxyl groups is 1. The van der Waals surface area contributed by atoms with Gasteiger partial charge in [0.15, 0.2) is 6.23 Å². The number of hydrogen-bond donors (Lipinski definition) is 2. The predicted molar refractivity (Wildman–Crippen MR) is 80.8 cm³/mol. The minimum Gasteiger partial charge on any atom is -0.386 e. The molecule has 0 amide bonds. The van der Waals surface area contributed by atoms with Crippen LogP contribution in [0.3, 0.4) is 0 Å². The largest absolute Gasteiger partial charge is 0.386 e. The Bertz CT molecular complexity index is 628. The summed E-state index contributed by atoms with van der Waals surface area (Å²) in [5.74, 6) is 0. The van der Waals surface area contributed by atoms with E-state index in [0.29, 0.717) is 0 Å². The number of aromatic nitrogens is 2. The Labute approximate surface area is 135 Å². The Morgan fingerprint density at radius 3 is 2.77 bits per heavy atom. The molecule has 1 saturated heterocycles. The van der Waals surface area contributed by atoms with Gasteiger partial charge in [0.05, 0.1) is 17.2 Å². The van der Waals surface area contributed by atoms with E-state index in [-0.39, 0.29) is 17.2 Å². The molecule has 124 valence electrons. The number of nitrogens with one attached hydrogen (secondary N) is 1. The van der Waals surface area contributed by atoms with Crippen molar-refractivity contribution in [1.29, 1.82) is 0 Å². The van der Waals surface area contributed by atoms with E-state index in [1.54, 1.807) is 0 Å². The van der Waals surface area contributed by atoms with Crippen molar-refractivity contribution in [2.24, 2.45) is 0 Å². The molecule has 1 aliphatic heterocycles. The van der Waals surface area contributed by atoms with Crippen LogP contribution >= 0.6 is 15.9 Å². The van der Waals surface area contributed by atoms with Gasteiger partial charge in [-0.05, 0) is 29.8 Å². The third-order valence-electron chi connectivity index (χ3n) is 3.27. The maximum absolute atomic E-state index is 11.9. The molecule has 1 aromatic heterocycles. The summed E-state index contributed by atoms with van der Waals surface area (Å²) in [6, 6.07) is 0. The fourth-order valence-electron chi connectivity index (χ4n) is 2.38. The molecule has 9 heteroatoms. The monoisotopic (exact) mass is 378 g/mol. The number of halogens is 1. The molecule has 4 atom stereocenters. The number of nitrogens with zero attached hydrogens (tertiary/aromatic N) is 1. The first kappa shape index (κ1) is 17.4. The van der Waals surface area contributed by atoms with Crippen LogP contribution in [0, 0.1) is 0 Å². The van der Waals surface area contributed by atoms with Gasteiger partial charge in [-0.1, -0.05) is 0 Å². The summed E-state index contributed by atoms with van der Waals surface area (Å²) in [4.78, 5) is 25.5. The van der Waals surface area contributed by atoms with Crippen LogP contribution in [0.4, 0.5) is 0 Å². The van der Waals surface area contributed by atoms with E-state index in [2.05, 4.69) is 20.9 Å². The quantitative estimate of drug-likeness (QED) is 0.747. The maximum atomic E-state index is 11.9. The van der Waals surface area contributed by atoms with E-state index in [4.69, 9.17) is 14.2 Å². The molecule has 0 saturated carbocycles. The maximum Gasteiger partial charge on any atom is 0.330 e. The molecule has 1 aliphatic rings. The van der Waals surface area contributed by atoms with Gasteiger partial charge in [-0.3, -0.25) is 14.3 Å². The second-order valence-corrected chi connectivity index (χ2v) is 6.16. The Balaban J connectivity index is 2.34. The molecule has 0 spiro atoms. The van der Waals surface area contributed by atoms with Gasteiger partial charge >= 0.3 is 5.69 Å². The zero-order valence-electron chi connectivity index (χ0n) is 12.5. The Kier molecular flexibility index (Phi) is 5.56. The van der Waals surface area contributed by atoms with Crippen LogP contribution in [-0.4, -0.2) is 52.8 Å². The van der Waals surface area contributed by atoms with Crippen molar-refractivity contribution in [3.05, 3.63) is 31.5 Å². The topological polar surface area (TPSA) is 103 Å². The molecule has 1 aromatic rings. The highest BCUT2D eigenvalue weighted by Crippen LogP contribution is 2.31. The van der Waals surface area contributed by atoms with Crippen LogP contribution in [0.25, 0.3) is 0 Å². The molecule has 2 rings (SSSR count). The van der Waals surface area contributed by atoms with Gasteiger partial charge in [0, 0.05) is 13.3 Å². The molecular weight excluding hydrogens is 360 g/mol. The van der Waals surface area contributed by atoms with Crippen LogP contribution in [0.2, 0.25) is 0 Å². The summed E-state index contributed by atoms with van der Waals surface area (Å²) >= 11 is 3.05. The Hall–Kier alpha value is -1.00. The lowest BCUT2D eigenvalue weighted by atomic mass is 10.1. The van der Waals surface area contributed by atoms with Gasteiger partial charge in [0.25, 0.3) is 5.56 Å². The van der Waals surface area contributed by atoms with Crippen molar-refractivity contribution in [3.63, 3.8) is 0 Å². The number of H-pyrrole nitrogens is 1. The highest BCUT2D eigenvalue weighted by atomic mass is 79.9. The van der Waals surface area contributed by atoms with Gasteiger partial charge < -0.3 is 19.3 Å². The van der Waals surface area contributed by atoms with Crippen molar-refractivity contribution in [3.8, 4) is 0 Å². The molecule has 0 bridgehead atoms. The highest BCUT2D eigenvalue weighted by Gasteiger charge is 2.46. The third-order valence-corrected chi connectivity index (χ3v) is 3.83. The first-order valence-electron chi connectivity index (χ1n) is 6.84. The number of hydrogen-bond acceptors (Lipinski definition) is 6. The van der Waals surface area contributed by atoms with Crippen molar-refractivity contribution < 1.29 is 19.3 Å². The smallest absolute Gasteiger partial charge is 0.330 e. The molecule has 2 N–H and O–H groups in total.